The number of hydrogen-bond donors (Lipinski definition) is 1. The van der Waals surface area contributed by atoms with Crippen molar-refractivity contribution in [1.82, 2.24) is 9.80 Å². The molecule has 0 spiro atoms. The minimum Gasteiger partial charge on any atom is -0.411 e. The fraction of sp³-hybridized carbons (Fsp3) is 0.550. The topological polar surface area (TPSA) is 73.2 Å². The molecule has 144 valence electrons. The molecule has 0 bridgehead atoms. The average Bonchev–Trinajstić information content (AvgIpc) is 3.40. The van der Waals surface area contributed by atoms with Crippen molar-refractivity contribution in [2.24, 2.45) is 11.1 Å². The molecular weight excluding hydrogens is 362 g/mol. The molecule has 1 aromatic carbocycles. The highest BCUT2D eigenvalue weighted by Crippen LogP contribution is 2.31. The Morgan fingerprint density at radius 2 is 1.96 bits per heavy atom. The summed E-state index contributed by atoms with van der Waals surface area (Å²) in [6.07, 6.45) is 5.41. The third-order valence-electron chi connectivity index (χ3n) is 5.90. The van der Waals surface area contributed by atoms with E-state index in [1.807, 2.05) is 0 Å². The summed E-state index contributed by atoms with van der Waals surface area (Å²) in [5, 5.41) is 11.9. The lowest BCUT2D eigenvalue weighted by Gasteiger charge is -2.30. The minimum absolute atomic E-state index is 0.00884. The summed E-state index contributed by atoms with van der Waals surface area (Å²) in [5.41, 5.74) is 2.70. The van der Waals surface area contributed by atoms with Crippen LogP contribution in [0.2, 0.25) is 0 Å². The van der Waals surface area contributed by atoms with E-state index in [1.54, 1.807) is 21.6 Å². The van der Waals surface area contributed by atoms with Gasteiger partial charge in [-0.3, -0.25) is 9.59 Å². The van der Waals surface area contributed by atoms with Crippen molar-refractivity contribution in [2.45, 2.75) is 44.2 Å². The molecule has 0 saturated carbocycles. The predicted octanol–water partition coefficient (Wildman–Crippen LogP) is 2.14. The molecule has 1 aliphatic carbocycles. The molecule has 2 aliphatic heterocycles. The summed E-state index contributed by atoms with van der Waals surface area (Å²) >= 11 is 1.65. The molecule has 0 radical (unpaired) electrons. The first-order chi connectivity index (χ1) is 13.2. The number of oxime groups is 1. The predicted molar refractivity (Wildman–Crippen MR) is 105 cm³/mol. The van der Waals surface area contributed by atoms with Crippen LogP contribution in [0.15, 0.2) is 29.4 Å². The molecule has 2 fully saturated rings. The van der Waals surface area contributed by atoms with Crippen LogP contribution in [0.3, 0.4) is 0 Å². The molecule has 7 heteroatoms. The lowest BCUT2D eigenvalue weighted by Crippen LogP contribution is -2.50. The molecule has 2 amide bonds. The Labute approximate surface area is 163 Å². The number of rotatable bonds is 4. The van der Waals surface area contributed by atoms with Gasteiger partial charge in [-0.15, -0.1) is 11.8 Å². The Hall–Kier alpha value is -2.02. The van der Waals surface area contributed by atoms with Gasteiger partial charge in [-0.25, -0.2) is 0 Å². The van der Waals surface area contributed by atoms with Crippen molar-refractivity contribution in [3.8, 4) is 0 Å². The van der Waals surface area contributed by atoms with Gasteiger partial charge in [0.1, 0.15) is 6.04 Å². The number of likely N-dealkylation sites (tertiary alicyclic amines) is 1. The second kappa shape index (κ2) is 7.92. The van der Waals surface area contributed by atoms with Crippen LogP contribution in [0.1, 0.15) is 30.4 Å². The van der Waals surface area contributed by atoms with Gasteiger partial charge < -0.3 is 15.0 Å². The second-order valence-corrected chi connectivity index (χ2v) is 8.63. The van der Waals surface area contributed by atoms with Gasteiger partial charge in [0, 0.05) is 18.7 Å². The lowest BCUT2D eigenvalue weighted by atomic mass is 10.0. The summed E-state index contributed by atoms with van der Waals surface area (Å²) in [6.45, 7) is 0.661. The maximum atomic E-state index is 13.0. The first-order valence-electron chi connectivity index (χ1n) is 9.59. The maximum absolute atomic E-state index is 13.0. The maximum Gasteiger partial charge on any atom is 0.246 e. The van der Waals surface area contributed by atoms with Gasteiger partial charge in [0.2, 0.25) is 11.8 Å². The van der Waals surface area contributed by atoms with Gasteiger partial charge in [-0.2, -0.15) is 0 Å². The zero-order chi connectivity index (χ0) is 18.8. The third-order valence-corrected chi connectivity index (χ3v) is 6.94. The molecule has 1 aromatic rings. The van der Waals surface area contributed by atoms with E-state index in [1.165, 1.54) is 17.3 Å². The molecule has 1 N–H and O–H groups in total. The van der Waals surface area contributed by atoms with E-state index in [2.05, 4.69) is 29.4 Å². The van der Waals surface area contributed by atoms with E-state index in [4.69, 9.17) is 5.21 Å². The highest BCUT2D eigenvalue weighted by Gasteiger charge is 2.40. The van der Waals surface area contributed by atoms with Crippen LogP contribution in [0, 0.1) is 5.92 Å². The van der Waals surface area contributed by atoms with E-state index < -0.39 is 0 Å². The summed E-state index contributed by atoms with van der Waals surface area (Å²) in [5.74, 6) is 1.75. The number of thioether (sulfide) groups is 1. The summed E-state index contributed by atoms with van der Waals surface area (Å²) in [4.78, 5) is 29.5. The minimum atomic E-state index is -0.366. The molecule has 3 aliphatic rings. The summed E-state index contributed by atoms with van der Waals surface area (Å²) in [6, 6.07) is 7.85. The number of carbonyl (C=O) groups excluding carboxylic acids is 2. The molecule has 2 atom stereocenters. The van der Waals surface area contributed by atoms with Crippen LogP contribution in [0.4, 0.5) is 0 Å². The van der Waals surface area contributed by atoms with Crippen LogP contribution < -0.4 is 0 Å². The fourth-order valence-corrected chi connectivity index (χ4v) is 5.69. The van der Waals surface area contributed by atoms with Gasteiger partial charge in [0.15, 0.2) is 0 Å². The van der Waals surface area contributed by atoms with Crippen molar-refractivity contribution >= 4 is 29.8 Å². The first kappa shape index (κ1) is 18.3. The standard InChI is InChI=1S/C20H25N3O3S/c24-19(10-14-8-15-4-1-2-5-16(15)9-14)22-7-3-6-18(22)20(25)23-13-27-12-17(23)11-21-26/h1-2,4-5,11,14,17-18,26H,3,6-10,12-13H2/t17-,18-/m1/s1. The Kier molecular flexibility index (Phi) is 5.38. The molecule has 0 unspecified atom stereocenters. The zero-order valence-electron chi connectivity index (χ0n) is 15.3. The van der Waals surface area contributed by atoms with E-state index in [9.17, 15) is 9.59 Å². The highest BCUT2D eigenvalue weighted by molar-refractivity contribution is 7.99. The first-order valence-corrected chi connectivity index (χ1v) is 10.7. The third kappa shape index (κ3) is 3.70. The smallest absolute Gasteiger partial charge is 0.246 e. The second-order valence-electron chi connectivity index (χ2n) is 7.63. The largest absolute Gasteiger partial charge is 0.411 e. The monoisotopic (exact) mass is 387 g/mol. The average molecular weight is 388 g/mol. The SMILES string of the molecule is O=C([C@H]1CCCN1C(=O)CC1Cc2ccccc2C1)N1CSC[C@H]1C=NO. The molecule has 2 heterocycles. The van der Waals surface area contributed by atoms with Crippen LogP contribution in [-0.2, 0) is 22.4 Å². The summed E-state index contributed by atoms with van der Waals surface area (Å²) in [7, 11) is 0. The fourth-order valence-electron chi connectivity index (χ4n) is 4.56. The van der Waals surface area contributed by atoms with E-state index in [0.717, 1.165) is 31.4 Å². The lowest BCUT2D eigenvalue weighted by molar-refractivity contribution is -0.143. The van der Waals surface area contributed by atoms with Crippen molar-refractivity contribution in [3.63, 3.8) is 0 Å². The van der Waals surface area contributed by atoms with Gasteiger partial charge in [0.05, 0.1) is 18.1 Å². The number of hydrogen-bond acceptors (Lipinski definition) is 5. The van der Waals surface area contributed by atoms with Gasteiger partial charge >= 0.3 is 0 Å². The Morgan fingerprint density at radius 3 is 2.67 bits per heavy atom. The number of amides is 2. The van der Waals surface area contributed by atoms with Crippen molar-refractivity contribution in [3.05, 3.63) is 35.4 Å². The highest BCUT2D eigenvalue weighted by atomic mass is 32.2. The molecule has 0 aromatic heterocycles. The number of nitrogens with zero attached hydrogens (tertiary/aromatic N) is 3. The number of carbonyl (C=O) groups is 2. The van der Waals surface area contributed by atoms with E-state index in [-0.39, 0.29) is 23.9 Å². The van der Waals surface area contributed by atoms with Crippen LogP contribution in [0.5, 0.6) is 0 Å². The molecular formula is C20H25N3O3S. The van der Waals surface area contributed by atoms with Crippen molar-refractivity contribution in [1.29, 1.82) is 0 Å². The van der Waals surface area contributed by atoms with Gasteiger partial charge in [0.25, 0.3) is 0 Å². The normalized spacial score (nSPS) is 25.5. The Balaban J connectivity index is 1.39. The Bertz CT molecular complexity index is 729. The molecule has 2 saturated heterocycles. The number of fused-ring (bicyclic) bond motifs is 1. The Morgan fingerprint density at radius 1 is 1.22 bits per heavy atom. The van der Waals surface area contributed by atoms with Crippen molar-refractivity contribution in [2.75, 3.05) is 18.2 Å². The molecule has 6 nitrogen and oxygen atoms in total. The van der Waals surface area contributed by atoms with Crippen LogP contribution >= 0.6 is 11.8 Å². The number of benzene rings is 1. The summed E-state index contributed by atoms with van der Waals surface area (Å²) < 4.78 is 0. The van der Waals surface area contributed by atoms with Crippen LogP contribution in [-0.4, -0.2) is 63.3 Å². The quantitative estimate of drug-likeness (QED) is 0.488. The van der Waals surface area contributed by atoms with E-state index >= 15 is 0 Å². The van der Waals surface area contributed by atoms with Crippen LogP contribution in [0.25, 0.3) is 0 Å². The van der Waals surface area contributed by atoms with Gasteiger partial charge in [-0.1, -0.05) is 29.4 Å². The van der Waals surface area contributed by atoms with Gasteiger partial charge in [-0.05, 0) is 42.7 Å². The van der Waals surface area contributed by atoms with E-state index in [0.29, 0.717) is 24.8 Å². The molecule has 4 rings (SSSR count). The molecule has 27 heavy (non-hydrogen) atoms. The zero-order valence-corrected chi connectivity index (χ0v) is 16.1. The van der Waals surface area contributed by atoms with Crippen molar-refractivity contribution < 1.29 is 14.8 Å².